The number of pyridine rings is 1. The number of esters is 1. The number of hydrogen-bond acceptors (Lipinski definition) is 3. The second-order valence-electron chi connectivity index (χ2n) is 5.69. The van der Waals surface area contributed by atoms with E-state index in [1.165, 1.54) is 17.7 Å². The Hall–Kier alpha value is -2.77. The third kappa shape index (κ3) is 2.57. The van der Waals surface area contributed by atoms with Crippen LogP contribution in [-0.2, 0) is 18.0 Å². The zero-order valence-electron chi connectivity index (χ0n) is 13.7. The number of aromatic nitrogens is 2. The van der Waals surface area contributed by atoms with Crippen LogP contribution < -0.4 is 5.56 Å². The quantitative estimate of drug-likeness (QED) is 0.718. The standard InChI is InChI=1S/C17H15F3N2O3/c1-4-25-16(24)13-8(2)12-14(21-13)10-7-9(17(18,19)20)5-6-11(10)22(3)15(12)23/h5-7,21H,4H2,1-3H3. The molecule has 3 aromatic rings. The molecule has 2 heterocycles. The van der Waals surface area contributed by atoms with Crippen molar-refractivity contribution in [2.24, 2.45) is 7.05 Å². The SMILES string of the molecule is CCOC(=O)c1[nH]c2c(c1C)c(=O)n(C)c1ccc(C(F)(F)F)cc21. The summed E-state index contributed by atoms with van der Waals surface area (Å²) in [4.78, 5) is 27.4. The van der Waals surface area contributed by atoms with Gasteiger partial charge in [-0.25, -0.2) is 4.79 Å². The highest BCUT2D eigenvalue weighted by molar-refractivity contribution is 6.08. The molecule has 132 valence electrons. The summed E-state index contributed by atoms with van der Waals surface area (Å²) in [5.74, 6) is -0.654. The molecule has 0 aliphatic rings. The van der Waals surface area contributed by atoms with Crippen LogP contribution >= 0.6 is 0 Å². The summed E-state index contributed by atoms with van der Waals surface area (Å²) < 4.78 is 45.4. The molecule has 2 aromatic heterocycles. The smallest absolute Gasteiger partial charge is 0.416 e. The molecule has 0 aliphatic carbocycles. The molecule has 0 aliphatic heterocycles. The van der Waals surface area contributed by atoms with Gasteiger partial charge in [0.15, 0.2) is 0 Å². The van der Waals surface area contributed by atoms with E-state index in [0.29, 0.717) is 11.1 Å². The molecule has 5 nitrogen and oxygen atoms in total. The average molecular weight is 352 g/mol. The summed E-state index contributed by atoms with van der Waals surface area (Å²) in [6.07, 6.45) is -4.51. The number of alkyl halides is 3. The molecular weight excluding hydrogens is 337 g/mol. The molecule has 0 bridgehead atoms. The zero-order chi connectivity index (χ0) is 18.5. The van der Waals surface area contributed by atoms with Gasteiger partial charge in [0.25, 0.3) is 5.56 Å². The molecule has 0 saturated carbocycles. The number of rotatable bonds is 2. The van der Waals surface area contributed by atoms with Crippen LogP contribution in [-0.4, -0.2) is 22.1 Å². The average Bonchev–Trinajstić information content (AvgIpc) is 2.89. The van der Waals surface area contributed by atoms with E-state index in [2.05, 4.69) is 4.98 Å². The number of benzene rings is 1. The zero-order valence-corrected chi connectivity index (χ0v) is 13.7. The maximum Gasteiger partial charge on any atom is 0.416 e. The number of hydrogen-bond donors (Lipinski definition) is 1. The molecule has 8 heteroatoms. The van der Waals surface area contributed by atoms with Gasteiger partial charge in [-0.1, -0.05) is 0 Å². The van der Waals surface area contributed by atoms with Gasteiger partial charge >= 0.3 is 12.1 Å². The minimum atomic E-state index is -4.51. The van der Waals surface area contributed by atoms with Crippen LogP contribution in [0.1, 0.15) is 28.5 Å². The first-order chi connectivity index (χ1) is 11.7. The lowest BCUT2D eigenvalue weighted by molar-refractivity contribution is -0.137. The van der Waals surface area contributed by atoms with E-state index >= 15 is 0 Å². The number of fused-ring (bicyclic) bond motifs is 3. The fourth-order valence-electron chi connectivity index (χ4n) is 2.95. The van der Waals surface area contributed by atoms with E-state index in [-0.39, 0.29) is 28.6 Å². The van der Waals surface area contributed by atoms with Crippen LogP contribution in [0.15, 0.2) is 23.0 Å². The Morgan fingerprint density at radius 3 is 2.60 bits per heavy atom. The number of carbonyl (C=O) groups excluding carboxylic acids is 1. The van der Waals surface area contributed by atoms with Crippen LogP contribution in [0.25, 0.3) is 21.8 Å². The van der Waals surface area contributed by atoms with Crippen molar-refractivity contribution in [2.45, 2.75) is 20.0 Å². The molecule has 0 spiro atoms. The Morgan fingerprint density at radius 2 is 2.00 bits per heavy atom. The third-order valence-electron chi connectivity index (χ3n) is 4.20. The maximum absolute atomic E-state index is 13.1. The number of halogens is 3. The van der Waals surface area contributed by atoms with Gasteiger partial charge in [-0.3, -0.25) is 4.79 Å². The largest absolute Gasteiger partial charge is 0.461 e. The summed E-state index contributed by atoms with van der Waals surface area (Å²) in [6, 6.07) is 3.15. The maximum atomic E-state index is 13.1. The van der Waals surface area contributed by atoms with Gasteiger partial charge < -0.3 is 14.3 Å². The van der Waals surface area contributed by atoms with Crippen molar-refractivity contribution >= 4 is 27.8 Å². The lowest BCUT2D eigenvalue weighted by Gasteiger charge is -2.11. The highest BCUT2D eigenvalue weighted by atomic mass is 19.4. The second kappa shape index (κ2) is 5.65. The number of aromatic amines is 1. The van der Waals surface area contributed by atoms with Crippen LogP contribution in [0, 0.1) is 6.92 Å². The van der Waals surface area contributed by atoms with Gasteiger partial charge in [-0.05, 0) is 37.6 Å². The first-order valence-electron chi connectivity index (χ1n) is 7.56. The van der Waals surface area contributed by atoms with E-state index in [9.17, 15) is 22.8 Å². The van der Waals surface area contributed by atoms with Crippen molar-refractivity contribution in [3.8, 4) is 0 Å². The summed E-state index contributed by atoms with van der Waals surface area (Å²) >= 11 is 0. The highest BCUT2D eigenvalue weighted by Gasteiger charge is 2.31. The normalized spacial score (nSPS) is 12.1. The van der Waals surface area contributed by atoms with Crippen molar-refractivity contribution in [1.29, 1.82) is 0 Å². The molecule has 3 rings (SSSR count). The molecule has 25 heavy (non-hydrogen) atoms. The van der Waals surface area contributed by atoms with Crippen molar-refractivity contribution in [2.75, 3.05) is 6.61 Å². The van der Waals surface area contributed by atoms with E-state index < -0.39 is 23.3 Å². The van der Waals surface area contributed by atoms with Crippen molar-refractivity contribution in [3.05, 3.63) is 45.4 Å². The van der Waals surface area contributed by atoms with Crippen LogP contribution in [0.3, 0.4) is 0 Å². The Bertz CT molecular complexity index is 1060. The summed E-state index contributed by atoms with van der Waals surface area (Å²) in [5, 5.41) is 0.392. The topological polar surface area (TPSA) is 64.1 Å². The Balaban J connectivity index is 2.45. The van der Waals surface area contributed by atoms with Gasteiger partial charge in [0.05, 0.1) is 28.6 Å². The first kappa shape index (κ1) is 17.1. The Kier molecular flexibility index (Phi) is 3.85. The third-order valence-corrected chi connectivity index (χ3v) is 4.20. The molecule has 0 unspecified atom stereocenters. The number of aryl methyl sites for hydroxylation is 2. The Morgan fingerprint density at radius 1 is 1.32 bits per heavy atom. The number of ether oxygens (including phenoxy) is 1. The van der Waals surface area contributed by atoms with Gasteiger partial charge in [0.1, 0.15) is 5.69 Å². The molecule has 0 amide bonds. The van der Waals surface area contributed by atoms with E-state index in [0.717, 1.165) is 12.1 Å². The lowest BCUT2D eigenvalue weighted by Crippen LogP contribution is -2.18. The van der Waals surface area contributed by atoms with Crippen molar-refractivity contribution < 1.29 is 22.7 Å². The number of H-pyrrole nitrogens is 1. The first-order valence-corrected chi connectivity index (χ1v) is 7.56. The van der Waals surface area contributed by atoms with Gasteiger partial charge in [-0.15, -0.1) is 0 Å². The molecule has 0 saturated heterocycles. The molecule has 1 N–H and O–H groups in total. The fourth-order valence-corrected chi connectivity index (χ4v) is 2.95. The van der Waals surface area contributed by atoms with E-state index in [4.69, 9.17) is 4.74 Å². The predicted molar refractivity (Wildman–Crippen MR) is 86.7 cm³/mol. The molecule has 1 aromatic carbocycles. The van der Waals surface area contributed by atoms with Crippen LogP contribution in [0.2, 0.25) is 0 Å². The molecule has 0 fully saturated rings. The summed E-state index contributed by atoms with van der Waals surface area (Å²) in [6.45, 7) is 3.34. The number of nitrogens with zero attached hydrogens (tertiary/aromatic N) is 1. The minimum absolute atomic E-state index is 0.0684. The fraction of sp³-hybridized carbons (Fsp3) is 0.294. The number of carbonyl (C=O) groups is 1. The second-order valence-corrected chi connectivity index (χ2v) is 5.69. The Labute approximate surface area is 140 Å². The van der Waals surface area contributed by atoms with Gasteiger partial charge in [0, 0.05) is 12.4 Å². The monoisotopic (exact) mass is 352 g/mol. The van der Waals surface area contributed by atoms with Gasteiger partial charge in [-0.2, -0.15) is 13.2 Å². The van der Waals surface area contributed by atoms with E-state index in [1.807, 2.05) is 0 Å². The number of nitrogens with one attached hydrogen (secondary N) is 1. The molecular formula is C17H15F3N2O3. The molecule has 0 atom stereocenters. The minimum Gasteiger partial charge on any atom is -0.461 e. The summed E-state index contributed by atoms with van der Waals surface area (Å²) in [5.41, 5.74) is -0.268. The molecule has 0 radical (unpaired) electrons. The highest BCUT2D eigenvalue weighted by Crippen LogP contribution is 2.34. The van der Waals surface area contributed by atoms with Crippen molar-refractivity contribution in [1.82, 2.24) is 9.55 Å². The lowest BCUT2D eigenvalue weighted by atomic mass is 10.1. The van der Waals surface area contributed by atoms with Crippen molar-refractivity contribution in [3.63, 3.8) is 0 Å². The van der Waals surface area contributed by atoms with Crippen LogP contribution in [0.5, 0.6) is 0 Å². The van der Waals surface area contributed by atoms with Gasteiger partial charge in [0.2, 0.25) is 0 Å². The predicted octanol–water partition coefficient (Wildman–Crippen LogP) is 3.52. The summed E-state index contributed by atoms with van der Waals surface area (Å²) in [7, 11) is 1.48. The van der Waals surface area contributed by atoms with Crippen LogP contribution in [0.4, 0.5) is 13.2 Å². The van der Waals surface area contributed by atoms with E-state index in [1.54, 1.807) is 13.8 Å².